The molecule has 0 aliphatic carbocycles. The Hall–Kier alpha value is -1.16. The van der Waals surface area contributed by atoms with Crippen molar-refractivity contribution in [3.05, 3.63) is 69.7 Å². The highest BCUT2D eigenvalue weighted by molar-refractivity contribution is 9.10. The minimum absolute atomic E-state index is 0.109. The molecule has 0 amide bonds. The molecule has 0 fully saturated rings. The highest BCUT2D eigenvalue weighted by Gasteiger charge is 2.08. The largest absolute Gasteiger partial charge is 0.324 e. The van der Waals surface area contributed by atoms with Crippen LogP contribution in [-0.4, -0.2) is 18.5 Å². The van der Waals surface area contributed by atoms with E-state index in [1.54, 1.807) is 0 Å². The van der Waals surface area contributed by atoms with Gasteiger partial charge < -0.3 is 10.6 Å². The Morgan fingerprint density at radius 1 is 1.05 bits per heavy atom. The summed E-state index contributed by atoms with van der Waals surface area (Å²) >= 11 is 3.46. The van der Waals surface area contributed by atoms with Gasteiger partial charge in [0.25, 0.3) is 0 Å². The van der Waals surface area contributed by atoms with Crippen molar-refractivity contribution < 1.29 is 0 Å². The molecular formula is C18H23BrN2. The van der Waals surface area contributed by atoms with Gasteiger partial charge in [0.05, 0.1) is 0 Å². The van der Waals surface area contributed by atoms with E-state index >= 15 is 0 Å². The van der Waals surface area contributed by atoms with Crippen molar-refractivity contribution in [1.29, 1.82) is 0 Å². The Morgan fingerprint density at radius 3 is 2.29 bits per heavy atom. The topological polar surface area (TPSA) is 29.3 Å². The van der Waals surface area contributed by atoms with Crippen LogP contribution in [0.2, 0.25) is 0 Å². The Labute approximate surface area is 136 Å². The highest BCUT2D eigenvalue weighted by Crippen LogP contribution is 2.16. The maximum absolute atomic E-state index is 6.27. The predicted octanol–water partition coefficient (Wildman–Crippen LogP) is 4.28. The van der Waals surface area contributed by atoms with Crippen molar-refractivity contribution in [2.24, 2.45) is 5.73 Å². The van der Waals surface area contributed by atoms with Gasteiger partial charge in [0, 0.05) is 17.1 Å². The van der Waals surface area contributed by atoms with Crippen molar-refractivity contribution in [1.82, 2.24) is 4.90 Å². The molecule has 0 spiro atoms. The number of rotatable bonds is 6. The third-order valence-electron chi connectivity index (χ3n) is 3.69. The van der Waals surface area contributed by atoms with Crippen LogP contribution < -0.4 is 5.73 Å². The SMILES string of the molecule is Cc1ccc(C(N)CCN(C)Cc2ccc(Br)cc2)cc1. The van der Waals surface area contributed by atoms with Crippen molar-refractivity contribution >= 4 is 15.9 Å². The first-order valence-corrected chi connectivity index (χ1v) is 8.09. The maximum Gasteiger partial charge on any atom is 0.0307 e. The molecule has 0 saturated carbocycles. The quantitative estimate of drug-likeness (QED) is 0.845. The van der Waals surface area contributed by atoms with E-state index in [4.69, 9.17) is 5.73 Å². The first-order chi connectivity index (χ1) is 10.0. The number of aryl methyl sites for hydroxylation is 1. The summed E-state index contributed by atoms with van der Waals surface area (Å²) in [6.07, 6.45) is 0.968. The molecule has 0 saturated heterocycles. The molecule has 2 N–H and O–H groups in total. The Morgan fingerprint density at radius 2 is 1.67 bits per heavy atom. The molecule has 0 aliphatic heterocycles. The summed E-state index contributed by atoms with van der Waals surface area (Å²) in [6.45, 7) is 4.04. The minimum atomic E-state index is 0.109. The fraction of sp³-hybridized carbons (Fsp3) is 0.333. The number of hydrogen-bond donors (Lipinski definition) is 1. The first-order valence-electron chi connectivity index (χ1n) is 7.30. The molecule has 0 aromatic heterocycles. The third-order valence-corrected chi connectivity index (χ3v) is 4.22. The van der Waals surface area contributed by atoms with Crippen LogP contribution in [0.25, 0.3) is 0 Å². The van der Waals surface area contributed by atoms with E-state index in [2.05, 4.69) is 83.3 Å². The molecule has 0 aliphatic rings. The van der Waals surface area contributed by atoms with Crippen LogP contribution in [0.4, 0.5) is 0 Å². The number of hydrogen-bond acceptors (Lipinski definition) is 2. The van der Waals surface area contributed by atoms with E-state index in [9.17, 15) is 0 Å². The summed E-state index contributed by atoms with van der Waals surface area (Å²) in [5, 5.41) is 0. The van der Waals surface area contributed by atoms with Crippen LogP contribution in [0.15, 0.2) is 53.0 Å². The molecule has 1 unspecified atom stereocenters. The number of halogens is 1. The number of nitrogens with two attached hydrogens (primary N) is 1. The van der Waals surface area contributed by atoms with Gasteiger partial charge in [0.2, 0.25) is 0 Å². The van der Waals surface area contributed by atoms with E-state index in [1.807, 2.05) is 0 Å². The standard InChI is InChI=1S/C18H23BrN2/c1-14-3-7-16(8-4-14)18(20)11-12-21(2)13-15-5-9-17(19)10-6-15/h3-10,18H,11-13,20H2,1-2H3. The number of nitrogens with zero attached hydrogens (tertiary/aromatic N) is 1. The van der Waals surface area contributed by atoms with Gasteiger partial charge in [-0.2, -0.15) is 0 Å². The zero-order valence-corrected chi connectivity index (χ0v) is 14.3. The monoisotopic (exact) mass is 346 g/mol. The lowest BCUT2D eigenvalue weighted by Gasteiger charge is -2.20. The van der Waals surface area contributed by atoms with Crippen LogP contribution in [0.3, 0.4) is 0 Å². The molecule has 2 aromatic rings. The van der Waals surface area contributed by atoms with E-state index in [-0.39, 0.29) is 6.04 Å². The van der Waals surface area contributed by atoms with Gasteiger partial charge in [-0.1, -0.05) is 57.9 Å². The molecule has 0 heterocycles. The molecule has 21 heavy (non-hydrogen) atoms. The van der Waals surface area contributed by atoms with Crippen LogP contribution in [0.1, 0.15) is 29.2 Å². The smallest absolute Gasteiger partial charge is 0.0307 e. The average Bonchev–Trinajstić information content (AvgIpc) is 2.48. The van der Waals surface area contributed by atoms with Crippen molar-refractivity contribution in [3.8, 4) is 0 Å². The first kappa shape index (κ1) is 16.2. The van der Waals surface area contributed by atoms with Gasteiger partial charge in [-0.05, 0) is 50.2 Å². The summed E-state index contributed by atoms with van der Waals surface area (Å²) in [5.74, 6) is 0. The lowest BCUT2D eigenvalue weighted by Crippen LogP contribution is -2.23. The lowest BCUT2D eigenvalue weighted by atomic mass is 10.0. The second-order valence-electron chi connectivity index (χ2n) is 5.67. The van der Waals surface area contributed by atoms with Crippen LogP contribution in [-0.2, 0) is 6.54 Å². The van der Waals surface area contributed by atoms with Crippen LogP contribution in [0.5, 0.6) is 0 Å². The van der Waals surface area contributed by atoms with E-state index in [0.29, 0.717) is 0 Å². The summed E-state index contributed by atoms with van der Waals surface area (Å²) in [7, 11) is 2.14. The van der Waals surface area contributed by atoms with Crippen LogP contribution in [0, 0.1) is 6.92 Å². The zero-order valence-electron chi connectivity index (χ0n) is 12.7. The Kier molecular flexibility index (Phi) is 5.97. The van der Waals surface area contributed by atoms with Crippen LogP contribution >= 0.6 is 15.9 Å². The molecule has 3 heteroatoms. The van der Waals surface area contributed by atoms with Gasteiger partial charge in [-0.25, -0.2) is 0 Å². The highest BCUT2D eigenvalue weighted by atomic mass is 79.9. The third kappa shape index (κ3) is 5.27. The number of benzene rings is 2. The van der Waals surface area contributed by atoms with Gasteiger partial charge in [0.1, 0.15) is 0 Å². The van der Waals surface area contributed by atoms with Crippen molar-refractivity contribution in [2.75, 3.05) is 13.6 Å². The summed E-state index contributed by atoms with van der Waals surface area (Å²) < 4.78 is 1.12. The predicted molar refractivity (Wildman–Crippen MR) is 93.2 cm³/mol. The fourth-order valence-electron chi connectivity index (χ4n) is 2.32. The van der Waals surface area contributed by atoms with Gasteiger partial charge >= 0.3 is 0 Å². The zero-order chi connectivity index (χ0) is 15.2. The van der Waals surface area contributed by atoms with Gasteiger partial charge in [-0.15, -0.1) is 0 Å². The molecule has 2 nitrogen and oxygen atoms in total. The minimum Gasteiger partial charge on any atom is -0.324 e. The van der Waals surface area contributed by atoms with Gasteiger partial charge in [0.15, 0.2) is 0 Å². The molecule has 2 aromatic carbocycles. The Bertz CT molecular complexity index is 548. The molecular weight excluding hydrogens is 324 g/mol. The van der Waals surface area contributed by atoms with Gasteiger partial charge in [-0.3, -0.25) is 0 Å². The lowest BCUT2D eigenvalue weighted by molar-refractivity contribution is 0.311. The molecule has 112 valence electrons. The average molecular weight is 347 g/mol. The molecule has 0 bridgehead atoms. The van der Waals surface area contributed by atoms with E-state index < -0.39 is 0 Å². The second kappa shape index (κ2) is 7.74. The van der Waals surface area contributed by atoms with E-state index in [1.165, 1.54) is 16.7 Å². The Balaban J connectivity index is 1.81. The second-order valence-corrected chi connectivity index (χ2v) is 6.59. The fourth-order valence-corrected chi connectivity index (χ4v) is 2.58. The molecule has 2 rings (SSSR count). The van der Waals surface area contributed by atoms with Crippen molar-refractivity contribution in [2.45, 2.75) is 25.9 Å². The summed E-state index contributed by atoms with van der Waals surface area (Å²) in [5.41, 5.74) is 10.1. The molecule has 0 radical (unpaired) electrons. The normalized spacial score (nSPS) is 12.6. The molecule has 1 atom stereocenters. The summed E-state index contributed by atoms with van der Waals surface area (Å²) in [6, 6.07) is 17.1. The van der Waals surface area contributed by atoms with Crippen molar-refractivity contribution in [3.63, 3.8) is 0 Å². The maximum atomic E-state index is 6.27. The summed E-state index contributed by atoms with van der Waals surface area (Å²) in [4.78, 5) is 2.32. The van der Waals surface area contributed by atoms with E-state index in [0.717, 1.165) is 24.0 Å².